The lowest BCUT2D eigenvalue weighted by molar-refractivity contribution is 0.124. The standard InChI is InChI=1S/C12H26N2O/c1-5-12(2,3)14(4)8-11(13)10-6-7-15-9-10/h10-11H,5-9,13H2,1-4H3. The molecule has 2 unspecified atom stereocenters. The van der Waals surface area contributed by atoms with Crippen molar-refractivity contribution >= 4 is 0 Å². The van der Waals surface area contributed by atoms with E-state index in [4.69, 9.17) is 10.5 Å². The lowest BCUT2D eigenvalue weighted by atomic mass is 9.95. The van der Waals surface area contributed by atoms with Crippen LogP contribution in [-0.4, -0.2) is 43.3 Å². The fourth-order valence-corrected chi connectivity index (χ4v) is 1.87. The molecule has 2 atom stereocenters. The molecule has 0 aromatic rings. The molecule has 15 heavy (non-hydrogen) atoms. The second-order valence-corrected chi connectivity index (χ2v) is 5.33. The molecule has 0 aliphatic carbocycles. The predicted molar refractivity (Wildman–Crippen MR) is 63.9 cm³/mol. The molecule has 0 aromatic carbocycles. The van der Waals surface area contributed by atoms with Gasteiger partial charge in [0.05, 0.1) is 6.61 Å². The van der Waals surface area contributed by atoms with Crippen LogP contribution < -0.4 is 5.73 Å². The van der Waals surface area contributed by atoms with Gasteiger partial charge >= 0.3 is 0 Å². The zero-order valence-corrected chi connectivity index (χ0v) is 10.6. The van der Waals surface area contributed by atoms with Crippen LogP contribution in [0.2, 0.25) is 0 Å². The predicted octanol–water partition coefficient (Wildman–Crippen LogP) is 1.47. The largest absolute Gasteiger partial charge is 0.381 e. The van der Waals surface area contributed by atoms with Crippen LogP contribution in [-0.2, 0) is 4.74 Å². The third-order valence-electron chi connectivity index (χ3n) is 3.95. The van der Waals surface area contributed by atoms with Gasteiger partial charge in [-0.15, -0.1) is 0 Å². The highest BCUT2D eigenvalue weighted by atomic mass is 16.5. The molecule has 2 N–H and O–H groups in total. The van der Waals surface area contributed by atoms with Gasteiger partial charge in [-0.3, -0.25) is 4.90 Å². The molecule has 3 nitrogen and oxygen atoms in total. The Morgan fingerprint density at radius 2 is 2.20 bits per heavy atom. The summed E-state index contributed by atoms with van der Waals surface area (Å²) in [5.74, 6) is 0.556. The summed E-state index contributed by atoms with van der Waals surface area (Å²) in [5, 5.41) is 0. The fraction of sp³-hybridized carbons (Fsp3) is 1.00. The van der Waals surface area contributed by atoms with Crippen molar-refractivity contribution in [1.82, 2.24) is 4.90 Å². The maximum absolute atomic E-state index is 6.21. The average Bonchev–Trinajstić information content (AvgIpc) is 2.70. The number of hydrogen-bond acceptors (Lipinski definition) is 3. The van der Waals surface area contributed by atoms with E-state index in [0.717, 1.165) is 32.6 Å². The Bertz CT molecular complexity index is 188. The van der Waals surface area contributed by atoms with Crippen molar-refractivity contribution < 1.29 is 4.74 Å². The van der Waals surface area contributed by atoms with E-state index in [1.807, 2.05) is 0 Å². The topological polar surface area (TPSA) is 38.5 Å². The van der Waals surface area contributed by atoms with Gasteiger partial charge in [0.15, 0.2) is 0 Å². The first-order chi connectivity index (χ1) is 6.97. The Kier molecular flexibility index (Phi) is 4.56. The molecule has 0 bridgehead atoms. The minimum absolute atomic E-state index is 0.247. The van der Waals surface area contributed by atoms with Crippen LogP contribution in [0.4, 0.5) is 0 Å². The van der Waals surface area contributed by atoms with Crippen molar-refractivity contribution in [1.29, 1.82) is 0 Å². The highest BCUT2D eigenvalue weighted by Gasteiger charge is 2.28. The summed E-state index contributed by atoms with van der Waals surface area (Å²) in [6.07, 6.45) is 2.28. The van der Waals surface area contributed by atoms with Gasteiger partial charge in [0.25, 0.3) is 0 Å². The Balaban J connectivity index is 2.39. The van der Waals surface area contributed by atoms with Crippen LogP contribution in [0.25, 0.3) is 0 Å². The van der Waals surface area contributed by atoms with Crippen molar-refractivity contribution in [2.24, 2.45) is 11.7 Å². The van der Waals surface area contributed by atoms with Crippen LogP contribution in [0.5, 0.6) is 0 Å². The summed E-state index contributed by atoms with van der Waals surface area (Å²) in [4.78, 5) is 2.37. The van der Waals surface area contributed by atoms with Gasteiger partial charge < -0.3 is 10.5 Å². The number of rotatable bonds is 5. The third-order valence-corrected chi connectivity index (χ3v) is 3.95. The molecule has 0 radical (unpaired) electrons. The average molecular weight is 214 g/mol. The van der Waals surface area contributed by atoms with Gasteiger partial charge in [0.1, 0.15) is 0 Å². The molecule has 1 saturated heterocycles. The van der Waals surface area contributed by atoms with E-state index in [2.05, 4.69) is 32.7 Å². The smallest absolute Gasteiger partial charge is 0.0510 e. The number of nitrogens with two attached hydrogens (primary N) is 1. The summed E-state index contributed by atoms with van der Waals surface area (Å²) >= 11 is 0. The summed E-state index contributed by atoms with van der Waals surface area (Å²) < 4.78 is 5.37. The number of ether oxygens (including phenoxy) is 1. The molecule has 0 amide bonds. The molecule has 90 valence electrons. The lowest BCUT2D eigenvalue weighted by Crippen LogP contribution is -2.49. The molecular formula is C12H26N2O. The second kappa shape index (κ2) is 5.28. The Labute approximate surface area is 94.0 Å². The molecule has 0 spiro atoms. The van der Waals surface area contributed by atoms with Gasteiger partial charge in [-0.2, -0.15) is 0 Å². The summed E-state index contributed by atoms with van der Waals surface area (Å²) in [5.41, 5.74) is 6.46. The SMILES string of the molecule is CCC(C)(C)N(C)CC(N)C1CCOC1. The molecule has 3 heteroatoms. The second-order valence-electron chi connectivity index (χ2n) is 5.33. The van der Waals surface area contributed by atoms with E-state index in [1.54, 1.807) is 0 Å². The first-order valence-electron chi connectivity index (χ1n) is 6.02. The molecule has 0 aromatic heterocycles. The van der Waals surface area contributed by atoms with E-state index < -0.39 is 0 Å². The van der Waals surface area contributed by atoms with Crippen molar-refractivity contribution in [3.63, 3.8) is 0 Å². The monoisotopic (exact) mass is 214 g/mol. The van der Waals surface area contributed by atoms with Crippen LogP contribution in [0.1, 0.15) is 33.6 Å². The van der Waals surface area contributed by atoms with Gasteiger partial charge in [-0.25, -0.2) is 0 Å². The van der Waals surface area contributed by atoms with Crippen molar-refractivity contribution in [3.05, 3.63) is 0 Å². The van der Waals surface area contributed by atoms with E-state index in [0.29, 0.717) is 5.92 Å². The van der Waals surface area contributed by atoms with Gasteiger partial charge in [-0.1, -0.05) is 6.92 Å². The quantitative estimate of drug-likeness (QED) is 0.753. The zero-order chi connectivity index (χ0) is 11.5. The number of nitrogens with zero attached hydrogens (tertiary/aromatic N) is 1. The molecule has 1 fully saturated rings. The van der Waals surface area contributed by atoms with Gasteiger partial charge in [0, 0.05) is 30.7 Å². The van der Waals surface area contributed by atoms with E-state index >= 15 is 0 Å². The maximum atomic E-state index is 6.21. The minimum atomic E-state index is 0.247. The Morgan fingerprint density at radius 1 is 1.53 bits per heavy atom. The lowest BCUT2D eigenvalue weighted by Gasteiger charge is -2.37. The molecule has 0 saturated carbocycles. The molecule has 1 heterocycles. The number of hydrogen-bond donors (Lipinski definition) is 1. The Hall–Kier alpha value is -0.120. The first kappa shape index (κ1) is 12.9. The van der Waals surface area contributed by atoms with Crippen molar-refractivity contribution in [3.8, 4) is 0 Å². The van der Waals surface area contributed by atoms with E-state index in [-0.39, 0.29) is 11.6 Å². The first-order valence-corrected chi connectivity index (χ1v) is 6.02. The normalized spacial score (nSPS) is 24.8. The van der Waals surface area contributed by atoms with Crippen molar-refractivity contribution in [2.45, 2.75) is 45.2 Å². The maximum Gasteiger partial charge on any atom is 0.0510 e. The van der Waals surface area contributed by atoms with Crippen molar-refractivity contribution in [2.75, 3.05) is 26.8 Å². The van der Waals surface area contributed by atoms with Gasteiger partial charge in [0.2, 0.25) is 0 Å². The van der Waals surface area contributed by atoms with E-state index in [1.165, 1.54) is 0 Å². The molecule has 1 rings (SSSR count). The summed E-state index contributed by atoms with van der Waals surface area (Å²) in [6.45, 7) is 9.46. The Morgan fingerprint density at radius 3 is 2.67 bits per heavy atom. The summed E-state index contributed by atoms with van der Waals surface area (Å²) in [6, 6.07) is 0.253. The third kappa shape index (κ3) is 3.44. The highest BCUT2D eigenvalue weighted by Crippen LogP contribution is 2.20. The molecular weight excluding hydrogens is 188 g/mol. The van der Waals surface area contributed by atoms with Gasteiger partial charge in [-0.05, 0) is 33.7 Å². The molecule has 1 aliphatic heterocycles. The fourth-order valence-electron chi connectivity index (χ4n) is 1.87. The zero-order valence-electron chi connectivity index (χ0n) is 10.6. The van der Waals surface area contributed by atoms with Crippen LogP contribution in [0, 0.1) is 5.92 Å². The van der Waals surface area contributed by atoms with E-state index in [9.17, 15) is 0 Å². The van der Waals surface area contributed by atoms with Crippen LogP contribution in [0.3, 0.4) is 0 Å². The molecule has 1 aliphatic rings. The summed E-state index contributed by atoms with van der Waals surface area (Å²) in [7, 11) is 2.17. The highest BCUT2D eigenvalue weighted by molar-refractivity contribution is 4.84. The number of likely N-dealkylation sites (N-methyl/N-ethyl adjacent to an activating group) is 1. The van der Waals surface area contributed by atoms with Crippen LogP contribution >= 0.6 is 0 Å². The van der Waals surface area contributed by atoms with Crippen LogP contribution in [0.15, 0.2) is 0 Å². The minimum Gasteiger partial charge on any atom is -0.381 e.